The molecule has 0 aliphatic rings. The lowest BCUT2D eigenvalue weighted by Crippen LogP contribution is -2.31. The first-order valence-corrected chi connectivity index (χ1v) is 8.50. The first kappa shape index (κ1) is 16.1. The van der Waals surface area contributed by atoms with Crippen molar-refractivity contribution in [3.63, 3.8) is 0 Å². The monoisotopic (exact) mass is 393 g/mol. The topological polar surface area (TPSA) is 35.2 Å². The summed E-state index contributed by atoms with van der Waals surface area (Å²) >= 11 is 17.2. The molecule has 0 aliphatic carbocycles. The van der Waals surface area contributed by atoms with E-state index in [9.17, 15) is 0 Å². The van der Waals surface area contributed by atoms with Crippen molar-refractivity contribution in [2.24, 2.45) is 5.73 Å². The third-order valence-corrected chi connectivity index (χ3v) is 5.11. The summed E-state index contributed by atoms with van der Waals surface area (Å²) in [4.78, 5) is 1.06. The first-order valence-electron chi connectivity index (χ1n) is 6.13. The standard InChI is InChI=1S/C14H14BrCl2NOS/c1-2-10(18)14(12-5-6-13(15)20-12)19-11-7-8(16)3-4-9(11)17/h3-7,10,14H,2,18H2,1H3. The number of benzene rings is 1. The van der Waals surface area contributed by atoms with E-state index in [1.165, 1.54) is 0 Å². The molecule has 108 valence electrons. The number of hydrogen-bond donors (Lipinski definition) is 1. The highest BCUT2D eigenvalue weighted by Gasteiger charge is 2.23. The smallest absolute Gasteiger partial charge is 0.148 e. The van der Waals surface area contributed by atoms with Crippen molar-refractivity contribution in [1.82, 2.24) is 0 Å². The summed E-state index contributed by atoms with van der Waals surface area (Å²) < 4.78 is 7.07. The van der Waals surface area contributed by atoms with Gasteiger partial charge in [-0.2, -0.15) is 0 Å². The summed E-state index contributed by atoms with van der Waals surface area (Å²) in [6.45, 7) is 2.03. The molecule has 2 unspecified atom stereocenters. The van der Waals surface area contributed by atoms with Crippen LogP contribution in [0.25, 0.3) is 0 Å². The van der Waals surface area contributed by atoms with Crippen LogP contribution in [-0.2, 0) is 0 Å². The molecular formula is C14H14BrCl2NOS. The van der Waals surface area contributed by atoms with Gasteiger partial charge in [0.25, 0.3) is 0 Å². The molecular weight excluding hydrogens is 381 g/mol. The van der Waals surface area contributed by atoms with Crippen molar-refractivity contribution >= 4 is 50.5 Å². The van der Waals surface area contributed by atoms with E-state index in [1.807, 2.05) is 19.1 Å². The minimum atomic E-state index is -0.243. The van der Waals surface area contributed by atoms with Crippen molar-refractivity contribution < 1.29 is 4.74 Å². The largest absolute Gasteiger partial charge is 0.482 e. The van der Waals surface area contributed by atoms with Gasteiger partial charge in [0.15, 0.2) is 0 Å². The molecule has 2 N–H and O–H groups in total. The molecule has 0 fully saturated rings. The van der Waals surface area contributed by atoms with Crippen LogP contribution in [0.1, 0.15) is 24.3 Å². The van der Waals surface area contributed by atoms with Crippen molar-refractivity contribution in [3.8, 4) is 5.75 Å². The van der Waals surface area contributed by atoms with Gasteiger partial charge in [-0.05, 0) is 46.6 Å². The maximum atomic E-state index is 6.18. The Balaban J connectivity index is 2.30. The highest BCUT2D eigenvalue weighted by molar-refractivity contribution is 9.11. The Hall–Kier alpha value is -0.260. The van der Waals surface area contributed by atoms with Crippen LogP contribution in [0.3, 0.4) is 0 Å². The fourth-order valence-electron chi connectivity index (χ4n) is 1.76. The minimum absolute atomic E-state index is 0.115. The average molecular weight is 395 g/mol. The van der Waals surface area contributed by atoms with Crippen LogP contribution in [0.4, 0.5) is 0 Å². The van der Waals surface area contributed by atoms with E-state index >= 15 is 0 Å². The Labute approximate surface area is 141 Å². The highest BCUT2D eigenvalue weighted by Crippen LogP contribution is 2.36. The Bertz CT molecular complexity index is 590. The zero-order valence-electron chi connectivity index (χ0n) is 10.8. The minimum Gasteiger partial charge on any atom is -0.482 e. The van der Waals surface area contributed by atoms with Gasteiger partial charge < -0.3 is 10.5 Å². The van der Waals surface area contributed by atoms with E-state index in [0.717, 1.165) is 15.1 Å². The number of thiophene rings is 1. The Kier molecular flexibility index (Phi) is 5.75. The molecule has 2 atom stereocenters. The number of halogens is 3. The maximum Gasteiger partial charge on any atom is 0.148 e. The van der Waals surface area contributed by atoms with Crippen LogP contribution < -0.4 is 10.5 Å². The number of ether oxygens (including phenoxy) is 1. The molecule has 0 bridgehead atoms. The predicted molar refractivity (Wildman–Crippen MR) is 90.1 cm³/mol. The highest BCUT2D eigenvalue weighted by atomic mass is 79.9. The molecule has 6 heteroatoms. The van der Waals surface area contributed by atoms with Crippen LogP contribution in [0.2, 0.25) is 10.0 Å². The van der Waals surface area contributed by atoms with E-state index in [2.05, 4.69) is 15.9 Å². The molecule has 0 radical (unpaired) electrons. The quantitative estimate of drug-likeness (QED) is 0.708. The normalized spacial score (nSPS) is 14.1. The number of nitrogens with two attached hydrogens (primary N) is 1. The van der Waals surface area contributed by atoms with E-state index in [0.29, 0.717) is 15.8 Å². The van der Waals surface area contributed by atoms with Gasteiger partial charge in [0.2, 0.25) is 0 Å². The van der Waals surface area contributed by atoms with Gasteiger partial charge >= 0.3 is 0 Å². The van der Waals surface area contributed by atoms with Crippen molar-refractivity contribution in [1.29, 1.82) is 0 Å². The summed E-state index contributed by atoms with van der Waals surface area (Å²) in [6.07, 6.45) is 0.561. The lowest BCUT2D eigenvalue weighted by Gasteiger charge is -2.24. The summed E-state index contributed by atoms with van der Waals surface area (Å²) in [5, 5.41) is 1.11. The second-order valence-corrected chi connectivity index (χ2v) is 7.67. The van der Waals surface area contributed by atoms with Crippen molar-refractivity contribution in [3.05, 3.63) is 49.0 Å². The van der Waals surface area contributed by atoms with Crippen molar-refractivity contribution in [2.75, 3.05) is 0 Å². The van der Waals surface area contributed by atoms with E-state index < -0.39 is 0 Å². The van der Waals surface area contributed by atoms with Gasteiger partial charge in [-0.3, -0.25) is 0 Å². The van der Waals surface area contributed by atoms with Crippen molar-refractivity contribution in [2.45, 2.75) is 25.5 Å². The van der Waals surface area contributed by atoms with Crippen LogP contribution in [0.5, 0.6) is 5.75 Å². The molecule has 0 amide bonds. The van der Waals surface area contributed by atoms with Gasteiger partial charge in [-0.1, -0.05) is 30.1 Å². The van der Waals surface area contributed by atoms with Gasteiger partial charge in [0, 0.05) is 22.0 Å². The SMILES string of the molecule is CCC(N)C(Oc1cc(Cl)ccc1Cl)c1ccc(Br)s1. The summed E-state index contributed by atoms with van der Waals surface area (Å²) in [5.41, 5.74) is 6.18. The third kappa shape index (κ3) is 3.89. The first-order chi connectivity index (χ1) is 9.51. The molecule has 2 aromatic rings. The summed E-state index contributed by atoms with van der Waals surface area (Å²) in [6, 6.07) is 9.04. The second-order valence-electron chi connectivity index (χ2n) is 4.33. The zero-order chi connectivity index (χ0) is 14.7. The zero-order valence-corrected chi connectivity index (χ0v) is 14.7. The average Bonchev–Trinajstić information content (AvgIpc) is 2.85. The summed E-state index contributed by atoms with van der Waals surface area (Å²) in [5.74, 6) is 0.553. The van der Waals surface area contributed by atoms with E-state index in [4.69, 9.17) is 33.7 Å². The lowest BCUT2D eigenvalue weighted by molar-refractivity contribution is 0.175. The second kappa shape index (κ2) is 7.14. The Morgan fingerprint density at radius 2 is 2.05 bits per heavy atom. The molecule has 0 saturated carbocycles. The van der Waals surface area contributed by atoms with Crippen LogP contribution in [0.15, 0.2) is 34.1 Å². The molecule has 0 spiro atoms. The molecule has 0 aliphatic heterocycles. The van der Waals surface area contributed by atoms with Gasteiger partial charge in [-0.25, -0.2) is 0 Å². The van der Waals surface area contributed by atoms with Gasteiger partial charge in [0.1, 0.15) is 11.9 Å². The molecule has 2 rings (SSSR count). The molecule has 2 nitrogen and oxygen atoms in total. The fourth-order valence-corrected chi connectivity index (χ4v) is 3.61. The predicted octanol–water partition coefficient (Wildman–Crippen LogP) is 5.67. The van der Waals surface area contributed by atoms with Crippen LogP contribution in [-0.4, -0.2) is 6.04 Å². The number of rotatable bonds is 5. The lowest BCUT2D eigenvalue weighted by atomic mass is 10.1. The summed E-state index contributed by atoms with van der Waals surface area (Å²) in [7, 11) is 0. The molecule has 1 aromatic carbocycles. The molecule has 20 heavy (non-hydrogen) atoms. The Morgan fingerprint density at radius 3 is 2.65 bits per heavy atom. The molecule has 1 heterocycles. The van der Waals surface area contributed by atoms with Gasteiger partial charge in [-0.15, -0.1) is 11.3 Å². The Morgan fingerprint density at radius 1 is 1.30 bits per heavy atom. The van der Waals surface area contributed by atoms with E-state index in [1.54, 1.807) is 29.5 Å². The maximum absolute atomic E-state index is 6.18. The van der Waals surface area contributed by atoms with Crippen LogP contribution >= 0.6 is 50.5 Å². The van der Waals surface area contributed by atoms with Crippen LogP contribution in [0, 0.1) is 0 Å². The fraction of sp³-hybridized carbons (Fsp3) is 0.286. The molecule has 0 saturated heterocycles. The third-order valence-electron chi connectivity index (χ3n) is 2.88. The number of hydrogen-bond acceptors (Lipinski definition) is 3. The molecule has 1 aromatic heterocycles. The van der Waals surface area contributed by atoms with Gasteiger partial charge in [0.05, 0.1) is 8.81 Å². The van der Waals surface area contributed by atoms with E-state index in [-0.39, 0.29) is 12.1 Å².